The molecule has 2 heterocycles. The Morgan fingerprint density at radius 3 is 2.70 bits per heavy atom. The van der Waals surface area contributed by atoms with Crippen molar-refractivity contribution in [1.29, 1.82) is 0 Å². The maximum absolute atomic E-state index is 10.7. The maximum atomic E-state index is 10.7. The SMILES string of the molecule is CC1(C)CN(Cc2nnc(-c3ccc([N+](=O)[O-])cc3)o2)CCO1. The number of rotatable bonds is 4. The first-order valence-corrected chi connectivity index (χ1v) is 7.36. The Kier molecular flexibility index (Phi) is 4.10. The van der Waals surface area contributed by atoms with Gasteiger partial charge in [0.1, 0.15) is 0 Å². The van der Waals surface area contributed by atoms with Crippen LogP contribution in [0.2, 0.25) is 0 Å². The van der Waals surface area contributed by atoms with Crippen molar-refractivity contribution in [1.82, 2.24) is 15.1 Å². The van der Waals surface area contributed by atoms with E-state index < -0.39 is 4.92 Å². The Labute approximate surface area is 133 Å². The molecule has 1 aliphatic heterocycles. The summed E-state index contributed by atoms with van der Waals surface area (Å²) < 4.78 is 11.3. The molecule has 0 aliphatic carbocycles. The molecule has 1 aliphatic rings. The maximum Gasteiger partial charge on any atom is 0.269 e. The van der Waals surface area contributed by atoms with Crippen molar-refractivity contribution in [2.45, 2.75) is 26.0 Å². The van der Waals surface area contributed by atoms with Gasteiger partial charge in [-0.05, 0) is 26.0 Å². The van der Waals surface area contributed by atoms with E-state index in [0.29, 0.717) is 30.5 Å². The third-order valence-corrected chi connectivity index (χ3v) is 3.66. The average Bonchev–Trinajstić information content (AvgIpc) is 2.95. The summed E-state index contributed by atoms with van der Waals surface area (Å²) in [7, 11) is 0. The largest absolute Gasteiger partial charge is 0.419 e. The number of nitro benzene ring substituents is 1. The summed E-state index contributed by atoms with van der Waals surface area (Å²) in [5.74, 6) is 0.887. The second-order valence-corrected chi connectivity index (χ2v) is 6.12. The van der Waals surface area contributed by atoms with Gasteiger partial charge in [-0.15, -0.1) is 10.2 Å². The number of hydrogen-bond acceptors (Lipinski definition) is 7. The van der Waals surface area contributed by atoms with E-state index in [1.165, 1.54) is 12.1 Å². The molecule has 0 spiro atoms. The van der Waals surface area contributed by atoms with Crippen molar-refractivity contribution in [3.8, 4) is 11.5 Å². The van der Waals surface area contributed by atoms with Crippen LogP contribution >= 0.6 is 0 Å². The van der Waals surface area contributed by atoms with Gasteiger partial charge in [-0.25, -0.2) is 0 Å². The molecule has 0 bridgehead atoms. The van der Waals surface area contributed by atoms with Gasteiger partial charge < -0.3 is 9.15 Å². The van der Waals surface area contributed by atoms with E-state index in [1.54, 1.807) is 12.1 Å². The Bertz CT molecular complexity index is 696. The van der Waals surface area contributed by atoms with Crippen LogP contribution in [0.1, 0.15) is 19.7 Å². The van der Waals surface area contributed by atoms with Crippen LogP contribution in [-0.2, 0) is 11.3 Å². The van der Waals surface area contributed by atoms with Crippen LogP contribution in [0.25, 0.3) is 11.5 Å². The summed E-state index contributed by atoms with van der Waals surface area (Å²) >= 11 is 0. The van der Waals surface area contributed by atoms with Crippen LogP contribution in [-0.4, -0.2) is 45.3 Å². The van der Waals surface area contributed by atoms with Gasteiger partial charge in [0.25, 0.3) is 5.69 Å². The second-order valence-electron chi connectivity index (χ2n) is 6.12. The molecule has 0 atom stereocenters. The molecule has 1 saturated heterocycles. The normalized spacial score (nSPS) is 18.0. The average molecular weight is 318 g/mol. The van der Waals surface area contributed by atoms with Gasteiger partial charge in [0.05, 0.1) is 23.7 Å². The monoisotopic (exact) mass is 318 g/mol. The molecule has 1 aromatic carbocycles. The van der Waals surface area contributed by atoms with E-state index in [0.717, 1.165) is 13.1 Å². The molecule has 0 unspecified atom stereocenters. The minimum Gasteiger partial charge on any atom is -0.419 e. The minimum atomic E-state index is -0.441. The summed E-state index contributed by atoms with van der Waals surface area (Å²) in [6.07, 6.45) is 0. The van der Waals surface area contributed by atoms with E-state index in [2.05, 4.69) is 28.9 Å². The Morgan fingerprint density at radius 1 is 1.30 bits per heavy atom. The lowest BCUT2D eigenvalue weighted by molar-refractivity contribution is -0.384. The third-order valence-electron chi connectivity index (χ3n) is 3.66. The number of ether oxygens (including phenoxy) is 1. The second kappa shape index (κ2) is 6.05. The molecular formula is C15H18N4O4. The predicted octanol–water partition coefficient (Wildman–Crippen LogP) is 2.26. The summed E-state index contributed by atoms with van der Waals surface area (Å²) in [5, 5.41) is 18.7. The fourth-order valence-corrected chi connectivity index (χ4v) is 2.60. The van der Waals surface area contributed by atoms with Gasteiger partial charge in [0.15, 0.2) is 0 Å². The van der Waals surface area contributed by atoms with Crippen LogP contribution in [0.3, 0.4) is 0 Å². The zero-order valence-electron chi connectivity index (χ0n) is 13.1. The van der Waals surface area contributed by atoms with E-state index in [4.69, 9.17) is 9.15 Å². The smallest absolute Gasteiger partial charge is 0.269 e. The van der Waals surface area contributed by atoms with E-state index in [1.807, 2.05) is 0 Å². The number of hydrogen-bond donors (Lipinski definition) is 0. The molecule has 8 heteroatoms. The van der Waals surface area contributed by atoms with Gasteiger partial charge in [-0.3, -0.25) is 15.0 Å². The summed E-state index contributed by atoms with van der Waals surface area (Å²) in [4.78, 5) is 12.4. The number of aromatic nitrogens is 2. The lowest BCUT2D eigenvalue weighted by Gasteiger charge is -2.37. The molecule has 3 rings (SSSR count). The zero-order chi connectivity index (χ0) is 16.4. The van der Waals surface area contributed by atoms with Gasteiger partial charge in [0, 0.05) is 30.8 Å². The van der Waals surface area contributed by atoms with E-state index in [-0.39, 0.29) is 11.3 Å². The van der Waals surface area contributed by atoms with Crippen molar-refractivity contribution in [2.75, 3.05) is 19.7 Å². The van der Waals surface area contributed by atoms with Gasteiger partial charge in [-0.1, -0.05) is 0 Å². The molecule has 1 aromatic heterocycles. The lowest BCUT2D eigenvalue weighted by atomic mass is 10.1. The van der Waals surface area contributed by atoms with Crippen molar-refractivity contribution < 1.29 is 14.1 Å². The molecular weight excluding hydrogens is 300 g/mol. The molecule has 8 nitrogen and oxygen atoms in total. The number of morpholine rings is 1. The quantitative estimate of drug-likeness (QED) is 0.630. The topological polar surface area (TPSA) is 94.5 Å². The van der Waals surface area contributed by atoms with E-state index in [9.17, 15) is 10.1 Å². The Hall–Kier alpha value is -2.32. The molecule has 1 fully saturated rings. The van der Waals surface area contributed by atoms with Crippen LogP contribution < -0.4 is 0 Å². The highest BCUT2D eigenvalue weighted by atomic mass is 16.6. The molecule has 0 N–H and O–H groups in total. The molecule has 0 radical (unpaired) electrons. The first-order valence-electron chi connectivity index (χ1n) is 7.36. The van der Waals surface area contributed by atoms with Crippen LogP contribution in [0.4, 0.5) is 5.69 Å². The van der Waals surface area contributed by atoms with Gasteiger partial charge in [-0.2, -0.15) is 0 Å². The number of non-ortho nitro benzene ring substituents is 1. The minimum absolute atomic E-state index is 0.0315. The van der Waals surface area contributed by atoms with Gasteiger partial charge >= 0.3 is 0 Å². The molecule has 122 valence electrons. The van der Waals surface area contributed by atoms with Crippen molar-refractivity contribution in [3.63, 3.8) is 0 Å². The van der Waals surface area contributed by atoms with Crippen molar-refractivity contribution >= 4 is 5.69 Å². The first kappa shape index (κ1) is 15.6. The molecule has 0 amide bonds. The van der Waals surface area contributed by atoms with Crippen LogP contribution in [0.5, 0.6) is 0 Å². The van der Waals surface area contributed by atoms with Crippen LogP contribution in [0.15, 0.2) is 28.7 Å². The van der Waals surface area contributed by atoms with Crippen molar-refractivity contribution in [2.24, 2.45) is 0 Å². The number of nitrogens with zero attached hydrogens (tertiary/aromatic N) is 4. The Balaban J connectivity index is 1.69. The summed E-state index contributed by atoms with van der Waals surface area (Å²) in [6.45, 7) is 6.95. The predicted molar refractivity (Wildman–Crippen MR) is 81.7 cm³/mol. The zero-order valence-corrected chi connectivity index (χ0v) is 13.1. The number of nitro groups is 1. The van der Waals surface area contributed by atoms with Crippen molar-refractivity contribution in [3.05, 3.63) is 40.3 Å². The first-order chi connectivity index (χ1) is 10.9. The lowest BCUT2D eigenvalue weighted by Crippen LogP contribution is -2.47. The summed E-state index contributed by atoms with van der Waals surface area (Å²) in [6, 6.07) is 6.05. The number of benzene rings is 1. The van der Waals surface area contributed by atoms with Gasteiger partial charge in [0.2, 0.25) is 11.8 Å². The highest BCUT2D eigenvalue weighted by Gasteiger charge is 2.28. The standard InChI is InChI=1S/C15H18N4O4/c1-15(2)10-18(7-8-22-15)9-13-16-17-14(23-13)11-3-5-12(6-4-11)19(20)21/h3-6H,7-10H2,1-2H3. The summed E-state index contributed by atoms with van der Waals surface area (Å²) in [5.41, 5.74) is 0.514. The fraction of sp³-hybridized carbons (Fsp3) is 0.467. The Morgan fingerprint density at radius 2 is 2.04 bits per heavy atom. The van der Waals surface area contributed by atoms with Crippen LogP contribution in [0, 0.1) is 10.1 Å². The highest BCUT2D eigenvalue weighted by molar-refractivity contribution is 5.55. The molecule has 23 heavy (non-hydrogen) atoms. The highest BCUT2D eigenvalue weighted by Crippen LogP contribution is 2.23. The molecule has 0 saturated carbocycles. The third kappa shape index (κ3) is 3.72. The van der Waals surface area contributed by atoms with E-state index >= 15 is 0 Å². The fourth-order valence-electron chi connectivity index (χ4n) is 2.60. The molecule has 2 aromatic rings.